The Kier molecular flexibility index (Phi) is 7.84. The Morgan fingerprint density at radius 2 is 1.96 bits per heavy atom. The number of hydrogen-bond acceptors (Lipinski definition) is 3. The molecule has 0 aromatic heterocycles. The molecule has 150 valence electrons. The smallest absolute Gasteiger partial charge is 0.319 e. The van der Waals surface area contributed by atoms with Crippen LogP contribution in [0.5, 0.6) is 0 Å². The number of aliphatic hydroxyl groups excluding tert-OH is 1. The van der Waals surface area contributed by atoms with Crippen LogP contribution in [0.3, 0.4) is 0 Å². The Labute approximate surface area is 170 Å². The number of carbonyl (C=O) groups excluding carboxylic acids is 2. The average molecular weight is 404 g/mol. The van der Waals surface area contributed by atoms with Crippen LogP contribution in [0.2, 0.25) is 5.02 Å². The van der Waals surface area contributed by atoms with E-state index < -0.39 is 0 Å². The summed E-state index contributed by atoms with van der Waals surface area (Å²) in [6.07, 6.45) is 0.474. The van der Waals surface area contributed by atoms with E-state index in [9.17, 15) is 9.59 Å². The maximum Gasteiger partial charge on any atom is 0.319 e. The van der Waals surface area contributed by atoms with Gasteiger partial charge in [-0.15, -0.1) is 0 Å². The molecule has 0 spiro atoms. The van der Waals surface area contributed by atoms with E-state index in [1.165, 1.54) is 0 Å². The molecule has 7 heteroatoms. The van der Waals surface area contributed by atoms with E-state index in [0.717, 1.165) is 22.3 Å². The van der Waals surface area contributed by atoms with Gasteiger partial charge in [0, 0.05) is 43.0 Å². The van der Waals surface area contributed by atoms with E-state index in [1.54, 1.807) is 36.2 Å². The Balaban J connectivity index is 0.00000136. The summed E-state index contributed by atoms with van der Waals surface area (Å²) < 4.78 is 0. The van der Waals surface area contributed by atoms with Crippen LogP contribution < -0.4 is 10.6 Å². The number of benzene rings is 2. The van der Waals surface area contributed by atoms with Gasteiger partial charge in [0.2, 0.25) is 0 Å². The van der Waals surface area contributed by atoms with E-state index >= 15 is 0 Å². The molecule has 0 fully saturated rings. The third-order valence-corrected chi connectivity index (χ3v) is 4.65. The van der Waals surface area contributed by atoms with Gasteiger partial charge in [-0.3, -0.25) is 4.79 Å². The van der Waals surface area contributed by atoms with Gasteiger partial charge in [0.05, 0.1) is 0 Å². The van der Waals surface area contributed by atoms with Crippen molar-refractivity contribution >= 4 is 29.2 Å². The number of carbonyl (C=O) groups is 2. The van der Waals surface area contributed by atoms with Crippen LogP contribution >= 0.6 is 11.6 Å². The molecule has 0 saturated carbocycles. The predicted octanol–water partition coefficient (Wildman–Crippen LogP) is 3.81. The zero-order valence-corrected chi connectivity index (χ0v) is 17.1. The lowest BCUT2D eigenvalue weighted by atomic mass is 10.1. The number of hydrogen-bond donors (Lipinski definition) is 3. The molecule has 3 N–H and O–H groups in total. The molecule has 0 radical (unpaired) electrons. The minimum atomic E-state index is -0.343. The van der Waals surface area contributed by atoms with Crippen molar-refractivity contribution < 1.29 is 14.7 Å². The molecule has 3 amide bonds. The summed E-state index contributed by atoms with van der Waals surface area (Å²) in [5.74, 6) is 0.0266. The molecule has 1 aliphatic rings. The normalized spacial score (nSPS) is 12.2. The highest BCUT2D eigenvalue weighted by Crippen LogP contribution is 2.23. The van der Waals surface area contributed by atoms with Gasteiger partial charge in [0.1, 0.15) is 0 Å². The molecule has 6 nitrogen and oxygen atoms in total. The summed E-state index contributed by atoms with van der Waals surface area (Å²) in [4.78, 5) is 25.6. The number of nitrogens with zero attached hydrogens (tertiary/aromatic N) is 1. The molecule has 1 aliphatic heterocycles. The zero-order valence-electron chi connectivity index (χ0n) is 16.4. The fraction of sp³-hybridized carbons (Fsp3) is 0.333. The maximum atomic E-state index is 12.1. The molecule has 1 heterocycles. The highest BCUT2D eigenvalue weighted by molar-refractivity contribution is 6.31. The number of amides is 3. The molecule has 0 saturated heterocycles. The van der Waals surface area contributed by atoms with Crippen molar-refractivity contribution in [2.24, 2.45) is 0 Å². The van der Waals surface area contributed by atoms with E-state index in [4.69, 9.17) is 16.7 Å². The first-order valence-corrected chi connectivity index (χ1v) is 9.67. The molecule has 0 atom stereocenters. The van der Waals surface area contributed by atoms with Gasteiger partial charge in [-0.2, -0.15) is 0 Å². The highest BCUT2D eigenvalue weighted by Gasteiger charge is 2.24. The molecule has 0 aliphatic carbocycles. The minimum absolute atomic E-state index is 0.0230. The third kappa shape index (κ3) is 5.24. The minimum Gasteiger partial charge on any atom is -0.396 e. The molecule has 0 bridgehead atoms. The van der Waals surface area contributed by atoms with Gasteiger partial charge in [-0.25, -0.2) is 4.79 Å². The monoisotopic (exact) mass is 403 g/mol. The van der Waals surface area contributed by atoms with Crippen LogP contribution in [0.25, 0.3) is 0 Å². The number of nitrogens with one attached hydrogen (secondary N) is 2. The summed E-state index contributed by atoms with van der Waals surface area (Å²) in [6.45, 7) is 4.97. The summed E-state index contributed by atoms with van der Waals surface area (Å²) in [5, 5.41) is 15.0. The second-order valence-corrected chi connectivity index (χ2v) is 6.65. The maximum absolute atomic E-state index is 12.1. The lowest BCUT2D eigenvalue weighted by Gasteiger charge is -2.10. The van der Waals surface area contributed by atoms with E-state index in [1.807, 2.05) is 26.0 Å². The molecule has 2 aromatic carbocycles. The van der Waals surface area contributed by atoms with Crippen LogP contribution in [-0.4, -0.2) is 35.6 Å². The number of anilines is 1. The van der Waals surface area contributed by atoms with Gasteiger partial charge >= 0.3 is 6.03 Å². The number of halogens is 1. The Morgan fingerprint density at radius 1 is 1.21 bits per heavy atom. The summed E-state index contributed by atoms with van der Waals surface area (Å²) in [6, 6.07) is 10.4. The Morgan fingerprint density at radius 3 is 2.64 bits per heavy atom. The molecule has 28 heavy (non-hydrogen) atoms. The number of urea groups is 1. The van der Waals surface area contributed by atoms with Crippen molar-refractivity contribution in [1.82, 2.24) is 10.2 Å². The van der Waals surface area contributed by atoms with Gasteiger partial charge in [-0.1, -0.05) is 43.6 Å². The largest absolute Gasteiger partial charge is 0.396 e. The van der Waals surface area contributed by atoms with Crippen molar-refractivity contribution in [1.29, 1.82) is 0 Å². The number of aliphatic hydroxyl groups is 1. The summed E-state index contributed by atoms with van der Waals surface area (Å²) in [5.41, 5.74) is 4.04. The molecule has 0 unspecified atom stereocenters. The lowest BCUT2D eigenvalue weighted by molar-refractivity contribution is 0.0816. The Hall–Kier alpha value is -2.57. The molecule has 3 rings (SSSR count). The van der Waals surface area contributed by atoms with Gasteiger partial charge in [0.25, 0.3) is 5.91 Å². The zero-order chi connectivity index (χ0) is 20.7. The standard InChI is InChI=1S/C19H20ClN3O3.C2H6/c1-23-11-14-8-12(2-5-16(14)18(23)25)10-21-19(26)22-15-4-3-13(6-7-24)17(20)9-15;1-2/h2-5,8-9,24H,6-7,10-11H2,1H3,(H2,21,22,26);1-2H3. The second kappa shape index (κ2) is 10.1. The van der Waals surface area contributed by atoms with Crippen LogP contribution in [0.4, 0.5) is 10.5 Å². The fourth-order valence-electron chi connectivity index (χ4n) is 2.94. The van der Waals surface area contributed by atoms with Gasteiger partial charge < -0.3 is 20.6 Å². The molecular weight excluding hydrogens is 378 g/mol. The topological polar surface area (TPSA) is 81.7 Å². The number of fused-ring (bicyclic) bond motifs is 1. The molecular formula is C21H26ClN3O3. The van der Waals surface area contributed by atoms with Crippen LogP contribution in [0.1, 0.15) is 40.9 Å². The van der Waals surface area contributed by atoms with Gasteiger partial charge in [-0.05, 0) is 41.3 Å². The van der Waals surface area contributed by atoms with Crippen molar-refractivity contribution in [3.05, 3.63) is 63.7 Å². The van der Waals surface area contributed by atoms with Crippen LogP contribution in [-0.2, 0) is 19.5 Å². The Bertz CT molecular complexity index is 855. The SMILES string of the molecule is CC.CN1Cc2cc(CNC(=O)Nc3ccc(CCO)c(Cl)c3)ccc2C1=O. The van der Waals surface area contributed by atoms with Crippen molar-refractivity contribution in [2.45, 2.75) is 33.4 Å². The highest BCUT2D eigenvalue weighted by atomic mass is 35.5. The second-order valence-electron chi connectivity index (χ2n) is 6.24. The van der Waals surface area contributed by atoms with Crippen LogP contribution in [0.15, 0.2) is 36.4 Å². The summed E-state index contributed by atoms with van der Waals surface area (Å²) in [7, 11) is 1.77. The van der Waals surface area contributed by atoms with E-state index in [0.29, 0.717) is 30.2 Å². The van der Waals surface area contributed by atoms with E-state index in [-0.39, 0.29) is 18.5 Å². The third-order valence-electron chi connectivity index (χ3n) is 4.30. The first-order chi connectivity index (χ1) is 13.5. The number of rotatable bonds is 5. The average Bonchev–Trinajstić information content (AvgIpc) is 2.97. The van der Waals surface area contributed by atoms with Crippen molar-refractivity contribution in [3.63, 3.8) is 0 Å². The first-order valence-electron chi connectivity index (χ1n) is 9.29. The van der Waals surface area contributed by atoms with Gasteiger partial charge in [0.15, 0.2) is 0 Å². The van der Waals surface area contributed by atoms with Crippen molar-refractivity contribution in [3.8, 4) is 0 Å². The van der Waals surface area contributed by atoms with E-state index in [2.05, 4.69) is 10.6 Å². The predicted molar refractivity (Wildman–Crippen MR) is 112 cm³/mol. The molecule has 2 aromatic rings. The summed E-state index contributed by atoms with van der Waals surface area (Å²) >= 11 is 6.13. The first kappa shape index (κ1) is 21.7. The fourth-order valence-corrected chi connectivity index (χ4v) is 3.21. The van der Waals surface area contributed by atoms with Crippen LogP contribution in [0, 0.1) is 0 Å². The van der Waals surface area contributed by atoms with Crippen molar-refractivity contribution in [2.75, 3.05) is 19.0 Å². The lowest BCUT2D eigenvalue weighted by Crippen LogP contribution is -2.28. The quantitative estimate of drug-likeness (QED) is 0.710.